The smallest absolute Gasteiger partial charge is 0.358 e. The molecule has 0 saturated carbocycles. The lowest BCUT2D eigenvalue weighted by atomic mass is 9.77. The van der Waals surface area contributed by atoms with Gasteiger partial charge in [-0.25, -0.2) is 14.5 Å². The van der Waals surface area contributed by atoms with Gasteiger partial charge in [-0.15, -0.1) is 5.10 Å². The molecule has 2 aromatic heterocycles. The van der Waals surface area contributed by atoms with Gasteiger partial charge in [-0.1, -0.05) is 172 Å². The van der Waals surface area contributed by atoms with Crippen molar-refractivity contribution in [2.24, 2.45) is 0 Å². The Kier molecular flexibility index (Phi) is 14.0. The summed E-state index contributed by atoms with van der Waals surface area (Å²) in [6.07, 6.45) is 5.45. The fraction of sp³-hybridized carbons (Fsp3) is 0.269. The van der Waals surface area contributed by atoms with Crippen LogP contribution in [0.3, 0.4) is 0 Å². The monoisotopic (exact) mass is 825 g/mol. The highest BCUT2D eigenvalue weighted by Gasteiger charge is 2.42. The van der Waals surface area contributed by atoms with Gasteiger partial charge in [-0.3, -0.25) is 9.69 Å². The summed E-state index contributed by atoms with van der Waals surface area (Å²) in [5.41, 5.74) is 7.10. The number of hydrogen-bond acceptors (Lipinski definition) is 7. The van der Waals surface area contributed by atoms with E-state index < -0.39 is 11.5 Å². The lowest BCUT2D eigenvalue weighted by Gasteiger charge is -2.36. The van der Waals surface area contributed by atoms with Crippen LogP contribution < -0.4 is 4.90 Å². The van der Waals surface area contributed by atoms with Crippen LogP contribution in [-0.2, 0) is 28.0 Å². The number of carbonyl (C=O) groups is 2. The first-order valence-electron chi connectivity index (χ1n) is 21.7. The van der Waals surface area contributed by atoms with Gasteiger partial charge in [0.05, 0.1) is 6.61 Å². The lowest BCUT2D eigenvalue weighted by molar-refractivity contribution is -0.114. The van der Waals surface area contributed by atoms with Crippen molar-refractivity contribution in [2.45, 2.75) is 78.8 Å². The Bertz CT molecular complexity index is 2500. The number of benzene rings is 5. The van der Waals surface area contributed by atoms with Crippen LogP contribution in [0, 0.1) is 0 Å². The van der Waals surface area contributed by atoms with Gasteiger partial charge in [-0.05, 0) is 76.9 Å². The predicted molar refractivity (Wildman–Crippen MR) is 246 cm³/mol. The Morgan fingerprint density at radius 1 is 0.710 bits per heavy atom. The summed E-state index contributed by atoms with van der Waals surface area (Å²) in [6.45, 7) is 10.9. The van der Waals surface area contributed by atoms with Crippen molar-refractivity contribution in [1.82, 2.24) is 29.8 Å². The van der Waals surface area contributed by atoms with Gasteiger partial charge in [-0.2, -0.15) is 0 Å². The molecule has 0 N–H and O–H groups in total. The van der Waals surface area contributed by atoms with E-state index in [9.17, 15) is 9.59 Å². The molecule has 0 unspecified atom stereocenters. The van der Waals surface area contributed by atoms with Crippen LogP contribution in [0.4, 0.5) is 5.82 Å². The quantitative estimate of drug-likeness (QED) is 0.0482. The zero-order valence-electron chi connectivity index (χ0n) is 36.4. The van der Waals surface area contributed by atoms with Crippen molar-refractivity contribution in [3.8, 4) is 22.5 Å². The molecule has 10 nitrogen and oxygen atoms in total. The summed E-state index contributed by atoms with van der Waals surface area (Å²) < 4.78 is 9.69. The minimum atomic E-state index is -0.905. The fourth-order valence-electron chi connectivity index (χ4n) is 8.09. The van der Waals surface area contributed by atoms with Crippen LogP contribution in [0.1, 0.15) is 98.9 Å². The maximum Gasteiger partial charge on any atom is 0.358 e. The molecular weight excluding hydrogens is 771 g/mol. The molecule has 0 fully saturated rings. The zero-order valence-corrected chi connectivity index (χ0v) is 36.4. The molecule has 0 radical (unpaired) electrons. The molecule has 0 aliphatic rings. The zero-order chi connectivity index (χ0) is 43.5. The molecule has 0 aliphatic carbocycles. The summed E-state index contributed by atoms with van der Waals surface area (Å²) >= 11 is 0. The summed E-state index contributed by atoms with van der Waals surface area (Å²) in [5.74, 6) is 1.02. The Hall–Kier alpha value is -6.94. The first-order chi connectivity index (χ1) is 30.3. The van der Waals surface area contributed by atoms with E-state index in [0.29, 0.717) is 49.7 Å². The molecule has 316 valence electrons. The molecular formula is C52H55N7O3. The number of allylic oxidation sites excluding steroid dienone is 1. The van der Waals surface area contributed by atoms with Crippen molar-refractivity contribution in [3.63, 3.8) is 0 Å². The Morgan fingerprint density at radius 2 is 1.29 bits per heavy atom. The third-order valence-corrected chi connectivity index (χ3v) is 10.9. The number of unbranched alkanes of at least 4 members (excludes halogenated alkanes) is 1. The number of esters is 1. The molecule has 10 heteroatoms. The second-order valence-electron chi connectivity index (χ2n) is 15.7. The van der Waals surface area contributed by atoms with Crippen LogP contribution in [0.5, 0.6) is 0 Å². The number of imidazole rings is 1. The number of aryl methyl sites for hydroxylation is 1. The van der Waals surface area contributed by atoms with E-state index in [4.69, 9.17) is 20.0 Å². The summed E-state index contributed by atoms with van der Waals surface area (Å²) in [5, 5.41) is 13.9. The van der Waals surface area contributed by atoms with E-state index in [2.05, 4.69) is 121 Å². The number of anilines is 1. The second-order valence-corrected chi connectivity index (χ2v) is 15.7. The third kappa shape index (κ3) is 8.91. The van der Waals surface area contributed by atoms with E-state index in [1.807, 2.05) is 67.3 Å². The van der Waals surface area contributed by atoms with Gasteiger partial charge in [0.15, 0.2) is 17.3 Å². The largest absolute Gasteiger partial charge is 0.461 e. The van der Waals surface area contributed by atoms with E-state index in [1.165, 1.54) is 0 Å². The standard InChI is InChI=1S/C52H55N7O3/c1-6-9-29-46-53-50(57(34-7-2)47(60)36-38(4)5)48(51(61)62-35-8-3)58(46)37-39-30-32-40(33-31-39)44-27-19-20-28-45(44)49-54-55-56-59(49)52(41-21-13-10-14-22-41,42-23-15-11-16-24-42)43-25-17-12-18-26-43/h10-28,30-33,36H,6-9,29,34-35,37H2,1-5H3. The maximum absolute atomic E-state index is 14.0. The third-order valence-electron chi connectivity index (χ3n) is 10.9. The number of hydrogen-bond donors (Lipinski definition) is 0. The minimum Gasteiger partial charge on any atom is -0.461 e. The number of rotatable bonds is 18. The van der Waals surface area contributed by atoms with E-state index in [1.54, 1.807) is 11.0 Å². The summed E-state index contributed by atoms with van der Waals surface area (Å²) in [4.78, 5) is 34.3. The van der Waals surface area contributed by atoms with Crippen LogP contribution in [0.15, 0.2) is 151 Å². The molecule has 62 heavy (non-hydrogen) atoms. The number of carbonyl (C=O) groups excluding carboxylic acids is 2. The second kappa shape index (κ2) is 20.1. The van der Waals surface area contributed by atoms with Gasteiger partial charge in [0.1, 0.15) is 11.4 Å². The number of aromatic nitrogens is 6. The molecule has 0 bridgehead atoms. The van der Waals surface area contributed by atoms with Gasteiger partial charge < -0.3 is 9.30 Å². The van der Waals surface area contributed by atoms with Gasteiger partial charge in [0, 0.05) is 31.1 Å². The highest BCUT2D eigenvalue weighted by atomic mass is 16.5. The van der Waals surface area contributed by atoms with Crippen molar-refractivity contribution >= 4 is 17.7 Å². The SMILES string of the molecule is CCCCc1nc(N(CCC)C(=O)C=C(C)C)c(C(=O)OCCC)n1Cc1ccc(-c2ccccc2-c2nnnn2C(c2ccccc2)(c2ccccc2)c2ccccc2)cc1. The topological polar surface area (TPSA) is 108 Å². The van der Waals surface area contributed by atoms with Crippen LogP contribution in [-0.4, -0.2) is 54.8 Å². The average molecular weight is 826 g/mol. The number of amides is 1. The Morgan fingerprint density at radius 3 is 1.84 bits per heavy atom. The molecule has 1 amide bonds. The van der Waals surface area contributed by atoms with E-state index in [0.717, 1.165) is 63.2 Å². The molecule has 5 aromatic carbocycles. The Labute approximate surface area is 364 Å². The number of tetrazole rings is 1. The van der Waals surface area contributed by atoms with Crippen LogP contribution in [0.25, 0.3) is 22.5 Å². The Balaban J connectivity index is 1.32. The predicted octanol–water partition coefficient (Wildman–Crippen LogP) is 10.7. The number of ether oxygens (including phenoxy) is 1. The first-order valence-corrected chi connectivity index (χ1v) is 21.7. The van der Waals surface area contributed by atoms with Gasteiger partial charge in [0.25, 0.3) is 5.91 Å². The lowest BCUT2D eigenvalue weighted by Crippen LogP contribution is -2.39. The molecule has 7 aromatic rings. The molecule has 0 atom stereocenters. The normalized spacial score (nSPS) is 11.3. The highest BCUT2D eigenvalue weighted by molar-refractivity contribution is 6.05. The molecule has 2 heterocycles. The first kappa shape index (κ1) is 43.2. The summed E-state index contributed by atoms with van der Waals surface area (Å²) in [7, 11) is 0. The number of nitrogens with zero attached hydrogens (tertiary/aromatic N) is 7. The fourth-order valence-corrected chi connectivity index (χ4v) is 8.09. The highest BCUT2D eigenvalue weighted by Crippen LogP contribution is 2.43. The van der Waals surface area contributed by atoms with Crippen LogP contribution in [0.2, 0.25) is 0 Å². The van der Waals surface area contributed by atoms with Crippen LogP contribution >= 0.6 is 0 Å². The van der Waals surface area contributed by atoms with Crippen molar-refractivity contribution in [1.29, 1.82) is 0 Å². The average Bonchev–Trinajstić information content (AvgIpc) is 3.93. The van der Waals surface area contributed by atoms with Crippen molar-refractivity contribution in [2.75, 3.05) is 18.1 Å². The summed E-state index contributed by atoms with van der Waals surface area (Å²) in [6, 6.07) is 47.7. The molecule has 0 spiro atoms. The van der Waals surface area contributed by atoms with Gasteiger partial charge >= 0.3 is 5.97 Å². The van der Waals surface area contributed by atoms with E-state index >= 15 is 0 Å². The van der Waals surface area contributed by atoms with E-state index in [-0.39, 0.29) is 12.5 Å². The van der Waals surface area contributed by atoms with Gasteiger partial charge in [0.2, 0.25) is 0 Å². The minimum absolute atomic E-state index is 0.203. The molecule has 7 rings (SSSR count). The maximum atomic E-state index is 14.0. The van der Waals surface area contributed by atoms with Crippen molar-refractivity contribution < 1.29 is 14.3 Å². The van der Waals surface area contributed by atoms with Crippen molar-refractivity contribution in [3.05, 3.63) is 185 Å². The molecule has 0 saturated heterocycles. The molecule has 0 aliphatic heterocycles.